The minimum atomic E-state index is 0.168. The molecule has 0 unspecified atom stereocenters. The van der Waals surface area contributed by atoms with E-state index in [1.54, 1.807) is 39.3 Å². The van der Waals surface area contributed by atoms with E-state index in [1.165, 1.54) is 0 Å². The molecule has 1 heterocycles. The number of ether oxygens (including phenoxy) is 2. The molecule has 0 saturated carbocycles. The van der Waals surface area contributed by atoms with Crippen LogP contribution in [0.15, 0.2) is 27.8 Å². The van der Waals surface area contributed by atoms with Crippen molar-refractivity contribution in [3.63, 3.8) is 0 Å². The lowest BCUT2D eigenvalue weighted by molar-refractivity contribution is 0.394. The van der Waals surface area contributed by atoms with Crippen molar-refractivity contribution in [1.82, 2.24) is 5.16 Å². The van der Waals surface area contributed by atoms with Crippen LogP contribution >= 0.6 is 0 Å². The second kappa shape index (κ2) is 5.99. The first-order valence-electron chi connectivity index (χ1n) is 5.89. The van der Waals surface area contributed by atoms with Crippen molar-refractivity contribution in [1.29, 1.82) is 0 Å². The lowest BCUT2D eigenvalue weighted by Gasteiger charge is -2.09. The number of benzene rings is 1. The number of hydrogen-bond donors (Lipinski definition) is 0. The van der Waals surface area contributed by atoms with Crippen LogP contribution in [0.1, 0.15) is 11.3 Å². The van der Waals surface area contributed by atoms with Gasteiger partial charge in [0.05, 0.1) is 20.8 Å². The quantitative estimate of drug-likeness (QED) is 0.474. The Labute approximate surface area is 115 Å². The summed E-state index contributed by atoms with van der Waals surface area (Å²) in [7, 11) is 3.16. The molecule has 20 heavy (non-hydrogen) atoms. The van der Waals surface area contributed by atoms with E-state index in [0.717, 1.165) is 11.1 Å². The van der Waals surface area contributed by atoms with Gasteiger partial charge in [0, 0.05) is 16.0 Å². The van der Waals surface area contributed by atoms with Crippen molar-refractivity contribution in [2.75, 3.05) is 14.2 Å². The molecule has 0 radical (unpaired) electrons. The van der Waals surface area contributed by atoms with Gasteiger partial charge in [0.15, 0.2) is 0 Å². The number of aryl methyl sites for hydroxylation is 1. The molecule has 0 aliphatic heterocycles. The molecule has 0 saturated heterocycles. The average Bonchev–Trinajstić information content (AvgIpc) is 2.85. The molecule has 0 aliphatic rings. The minimum absolute atomic E-state index is 0.168. The Bertz CT molecular complexity index is 660. The van der Waals surface area contributed by atoms with Gasteiger partial charge in [-0.15, -0.1) is 0 Å². The van der Waals surface area contributed by atoms with Crippen LogP contribution in [0.3, 0.4) is 0 Å². The van der Waals surface area contributed by atoms with Crippen LogP contribution in [0, 0.1) is 6.92 Å². The number of hydrogen-bond acceptors (Lipinski definition) is 5. The van der Waals surface area contributed by atoms with Crippen molar-refractivity contribution in [2.45, 2.75) is 13.5 Å². The maximum atomic E-state index is 8.46. The van der Waals surface area contributed by atoms with Gasteiger partial charge in [-0.1, -0.05) is 10.3 Å². The van der Waals surface area contributed by atoms with E-state index < -0.39 is 0 Å². The fourth-order valence-corrected chi connectivity index (χ4v) is 1.89. The molecule has 2 rings (SSSR count). The zero-order chi connectivity index (χ0) is 14.5. The van der Waals surface area contributed by atoms with Crippen molar-refractivity contribution in [3.05, 3.63) is 40.0 Å². The summed E-state index contributed by atoms with van der Waals surface area (Å²) in [5.41, 5.74) is 10.5. The van der Waals surface area contributed by atoms with Crippen LogP contribution in [0.5, 0.6) is 11.5 Å². The number of azide groups is 1. The SMILES string of the molecule is COc1ccc(OC)c(-c2noc(C)c2CN=[N+]=[N-])c1. The van der Waals surface area contributed by atoms with Crippen LogP contribution in [-0.2, 0) is 6.54 Å². The second-order valence-corrected chi connectivity index (χ2v) is 4.02. The highest BCUT2D eigenvalue weighted by atomic mass is 16.5. The first-order valence-corrected chi connectivity index (χ1v) is 5.89. The molecule has 0 spiro atoms. The molecule has 7 heteroatoms. The van der Waals surface area contributed by atoms with Crippen LogP contribution in [0.2, 0.25) is 0 Å². The van der Waals surface area contributed by atoms with E-state index >= 15 is 0 Å². The summed E-state index contributed by atoms with van der Waals surface area (Å²) in [6.45, 7) is 1.94. The molecular weight excluding hydrogens is 260 g/mol. The number of rotatable bonds is 5. The third kappa shape index (κ3) is 2.53. The van der Waals surface area contributed by atoms with Gasteiger partial charge < -0.3 is 14.0 Å². The van der Waals surface area contributed by atoms with Gasteiger partial charge in [0.1, 0.15) is 23.0 Å². The fraction of sp³-hybridized carbons (Fsp3) is 0.308. The topological polar surface area (TPSA) is 93.2 Å². The van der Waals surface area contributed by atoms with Gasteiger partial charge in [-0.25, -0.2) is 0 Å². The molecule has 104 valence electrons. The van der Waals surface area contributed by atoms with E-state index in [9.17, 15) is 0 Å². The van der Waals surface area contributed by atoms with Crippen LogP contribution in [0.4, 0.5) is 0 Å². The molecule has 0 bridgehead atoms. The third-order valence-electron chi connectivity index (χ3n) is 2.94. The van der Waals surface area contributed by atoms with E-state index in [-0.39, 0.29) is 6.54 Å². The van der Waals surface area contributed by atoms with Gasteiger partial charge in [0.25, 0.3) is 0 Å². The Balaban J connectivity index is 2.58. The highest BCUT2D eigenvalue weighted by Crippen LogP contribution is 2.35. The standard InChI is InChI=1S/C13H14N4O3/c1-8-11(7-15-17-14)13(16-20-8)10-6-9(18-2)4-5-12(10)19-3/h4-6H,7H2,1-3H3. The maximum absolute atomic E-state index is 8.46. The van der Waals surface area contributed by atoms with Gasteiger partial charge in [-0.3, -0.25) is 0 Å². The predicted octanol–water partition coefficient (Wildman–Crippen LogP) is 3.48. The summed E-state index contributed by atoms with van der Waals surface area (Å²) >= 11 is 0. The maximum Gasteiger partial charge on any atom is 0.137 e. The summed E-state index contributed by atoms with van der Waals surface area (Å²) in [6, 6.07) is 5.38. The lowest BCUT2D eigenvalue weighted by atomic mass is 10.0. The Morgan fingerprint density at radius 1 is 1.35 bits per heavy atom. The Hall–Kier alpha value is -2.66. The van der Waals surface area contributed by atoms with Crippen LogP contribution in [0.25, 0.3) is 21.7 Å². The van der Waals surface area contributed by atoms with E-state index in [2.05, 4.69) is 15.2 Å². The summed E-state index contributed by atoms with van der Waals surface area (Å²) in [5, 5.41) is 7.60. The van der Waals surface area contributed by atoms with Crippen LogP contribution < -0.4 is 9.47 Å². The van der Waals surface area contributed by atoms with E-state index in [0.29, 0.717) is 23.0 Å². The number of methoxy groups -OCH3 is 2. The Morgan fingerprint density at radius 2 is 2.15 bits per heavy atom. The lowest BCUT2D eigenvalue weighted by Crippen LogP contribution is -1.93. The fourth-order valence-electron chi connectivity index (χ4n) is 1.89. The predicted molar refractivity (Wildman–Crippen MR) is 72.6 cm³/mol. The zero-order valence-electron chi connectivity index (χ0n) is 11.5. The highest BCUT2D eigenvalue weighted by molar-refractivity contribution is 5.71. The first-order chi connectivity index (χ1) is 9.71. The van der Waals surface area contributed by atoms with Gasteiger partial charge in [-0.2, -0.15) is 0 Å². The molecule has 1 aromatic heterocycles. The smallest absolute Gasteiger partial charge is 0.137 e. The van der Waals surface area contributed by atoms with Crippen LogP contribution in [-0.4, -0.2) is 19.4 Å². The molecular formula is C13H14N4O3. The largest absolute Gasteiger partial charge is 0.497 e. The Morgan fingerprint density at radius 3 is 2.80 bits per heavy atom. The molecule has 7 nitrogen and oxygen atoms in total. The van der Waals surface area contributed by atoms with Gasteiger partial charge in [0.2, 0.25) is 0 Å². The molecule has 0 N–H and O–H groups in total. The molecule has 1 aromatic carbocycles. The molecule has 2 aromatic rings. The Kier molecular flexibility index (Phi) is 4.12. The molecule has 0 aliphatic carbocycles. The number of nitrogens with zero attached hydrogens (tertiary/aromatic N) is 4. The molecule has 0 amide bonds. The zero-order valence-corrected chi connectivity index (χ0v) is 11.5. The summed E-state index contributed by atoms with van der Waals surface area (Å²) in [4.78, 5) is 2.76. The van der Waals surface area contributed by atoms with Gasteiger partial charge in [-0.05, 0) is 30.7 Å². The van der Waals surface area contributed by atoms with Crippen molar-refractivity contribution < 1.29 is 14.0 Å². The highest BCUT2D eigenvalue weighted by Gasteiger charge is 2.18. The van der Waals surface area contributed by atoms with Crippen molar-refractivity contribution in [3.8, 4) is 22.8 Å². The summed E-state index contributed by atoms with van der Waals surface area (Å²) in [5.74, 6) is 1.93. The second-order valence-electron chi connectivity index (χ2n) is 4.02. The average molecular weight is 274 g/mol. The monoisotopic (exact) mass is 274 g/mol. The summed E-state index contributed by atoms with van der Waals surface area (Å²) in [6.07, 6.45) is 0. The van der Waals surface area contributed by atoms with Crippen molar-refractivity contribution >= 4 is 0 Å². The number of aromatic nitrogens is 1. The molecule has 0 fully saturated rings. The first kappa shape index (κ1) is 13.8. The minimum Gasteiger partial charge on any atom is -0.497 e. The van der Waals surface area contributed by atoms with E-state index in [1.807, 2.05) is 0 Å². The van der Waals surface area contributed by atoms with Crippen molar-refractivity contribution in [2.24, 2.45) is 5.11 Å². The normalized spacial score (nSPS) is 9.95. The summed E-state index contributed by atoms with van der Waals surface area (Å²) < 4.78 is 15.7. The molecule has 0 atom stereocenters. The third-order valence-corrected chi connectivity index (χ3v) is 2.94. The van der Waals surface area contributed by atoms with E-state index in [4.69, 9.17) is 19.5 Å². The van der Waals surface area contributed by atoms with Gasteiger partial charge >= 0.3 is 0 Å².